The van der Waals surface area contributed by atoms with Crippen LogP contribution in [0.4, 0.5) is 0 Å². The summed E-state index contributed by atoms with van der Waals surface area (Å²) >= 11 is 0. The summed E-state index contributed by atoms with van der Waals surface area (Å²) in [6.45, 7) is 23.5. The van der Waals surface area contributed by atoms with Crippen molar-refractivity contribution >= 4 is 11.9 Å². The number of nitrogens with zero attached hydrogens (tertiary/aromatic N) is 4. The van der Waals surface area contributed by atoms with E-state index in [-0.39, 0.29) is 63.5 Å². The molecule has 0 aromatic rings. The first-order valence-corrected chi connectivity index (χ1v) is 17.4. The Morgan fingerprint density at radius 2 is 0.875 bits per heavy atom. The summed E-state index contributed by atoms with van der Waals surface area (Å²) in [5.41, 5.74) is -1.25. The molecule has 14 nitrogen and oxygen atoms in total. The van der Waals surface area contributed by atoms with Crippen LogP contribution in [-0.2, 0) is 38.0 Å². The zero-order chi connectivity index (χ0) is 35.9. The fourth-order valence-corrected chi connectivity index (χ4v) is 5.99. The van der Waals surface area contributed by atoms with Gasteiger partial charge in [-0.15, -0.1) is 0 Å². The molecule has 3 heterocycles. The van der Waals surface area contributed by atoms with Gasteiger partial charge >= 0.3 is 11.9 Å². The molecule has 0 amide bonds. The second-order valence-electron chi connectivity index (χ2n) is 16.1. The Bertz CT molecular complexity index is 934. The molecular weight excluding hydrogens is 624 g/mol. The maximum absolute atomic E-state index is 13.1. The second-order valence-corrected chi connectivity index (χ2v) is 16.1. The molecule has 0 spiro atoms. The number of ether oxygens (including phenoxy) is 6. The SMILES string of the molecule is CC(C)(C)OC(=O)CN1CCN([C@@H]2COC(C)(C)OC[C@H]2O)CCN(CC(=O)OC(C)(C)C)CCN([C@H]2COC(C)(C)OC[C@H]2O)CC1. The van der Waals surface area contributed by atoms with Gasteiger partial charge in [0.2, 0.25) is 0 Å². The lowest BCUT2D eigenvalue weighted by Gasteiger charge is -2.39. The van der Waals surface area contributed by atoms with Gasteiger partial charge in [-0.1, -0.05) is 0 Å². The molecule has 0 aromatic carbocycles. The molecule has 4 atom stereocenters. The van der Waals surface area contributed by atoms with Crippen LogP contribution < -0.4 is 0 Å². The highest BCUT2D eigenvalue weighted by Crippen LogP contribution is 2.23. The average Bonchev–Trinajstić information content (AvgIpc) is 3.15. The molecule has 3 aliphatic rings. The van der Waals surface area contributed by atoms with E-state index >= 15 is 0 Å². The van der Waals surface area contributed by atoms with Crippen LogP contribution in [0.2, 0.25) is 0 Å². The van der Waals surface area contributed by atoms with E-state index in [0.717, 1.165) is 0 Å². The molecular formula is C34H64N4O10. The van der Waals surface area contributed by atoms with Crippen LogP contribution in [0.3, 0.4) is 0 Å². The predicted molar refractivity (Wildman–Crippen MR) is 179 cm³/mol. The molecule has 3 rings (SSSR count). The first-order chi connectivity index (χ1) is 22.1. The number of aliphatic hydroxyl groups excluding tert-OH is 2. The van der Waals surface area contributed by atoms with Crippen LogP contribution >= 0.6 is 0 Å². The summed E-state index contributed by atoms with van der Waals surface area (Å²) in [5.74, 6) is -2.30. The van der Waals surface area contributed by atoms with Gasteiger partial charge in [0.15, 0.2) is 11.6 Å². The van der Waals surface area contributed by atoms with E-state index in [1.807, 2.05) is 69.2 Å². The van der Waals surface area contributed by atoms with Crippen LogP contribution in [0.15, 0.2) is 0 Å². The van der Waals surface area contributed by atoms with Crippen LogP contribution in [0.25, 0.3) is 0 Å². The highest BCUT2D eigenvalue weighted by atomic mass is 16.7. The summed E-state index contributed by atoms with van der Waals surface area (Å²) in [6.07, 6.45) is -1.59. The molecule has 3 saturated heterocycles. The highest BCUT2D eigenvalue weighted by molar-refractivity contribution is 5.72. The van der Waals surface area contributed by atoms with E-state index in [2.05, 4.69) is 19.6 Å². The van der Waals surface area contributed by atoms with E-state index in [4.69, 9.17) is 28.4 Å². The van der Waals surface area contributed by atoms with Crippen molar-refractivity contribution in [3.63, 3.8) is 0 Å². The third-order valence-corrected chi connectivity index (χ3v) is 8.59. The molecule has 14 heteroatoms. The van der Waals surface area contributed by atoms with E-state index in [0.29, 0.717) is 52.4 Å². The van der Waals surface area contributed by atoms with Crippen molar-refractivity contribution < 1.29 is 48.2 Å². The third-order valence-electron chi connectivity index (χ3n) is 8.59. The van der Waals surface area contributed by atoms with Crippen LogP contribution in [-0.4, -0.2) is 181 Å². The predicted octanol–water partition coefficient (Wildman–Crippen LogP) is 0.916. The number of esters is 2. The molecule has 0 unspecified atom stereocenters. The number of carbonyl (C=O) groups is 2. The first kappa shape index (κ1) is 41.0. The fraction of sp³-hybridized carbons (Fsp3) is 0.941. The van der Waals surface area contributed by atoms with Gasteiger partial charge < -0.3 is 38.6 Å². The normalized spacial score (nSPS) is 29.9. The zero-order valence-electron chi connectivity index (χ0n) is 31.2. The molecule has 2 N–H and O–H groups in total. The lowest BCUT2D eigenvalue weighted by atomic mass is 10.1. The fourth-order valence-electron chi connectivity index (χ4n) is 5.99. The number of hydrogen-bond acceptors (Lipinski definition) is 14. The average molecular weight is 689 g/mol. The number of aliphatic hydroxyl groups is 2. The van der Waals surface area contributed by atoms with Gasteiger partial charge in [-0.05, 0) is 69.2 Å². The van der Waals surface area contributed by atoms with Gasteiger partial charge in [-0.3, -0.25) is 29.2 Å². The van der Waals surface area contributed by atoms with Crippen molar-refractivity contribution in [2.24, 2.45) is 0 Å². The molecule has 0 aromatic heterocycles. The Labute approximate surface area is 287 Å². The monoisotopic (exact) mass is 688 g/mol. The van der Waals surface area contributed by atoms with Crippen molar-refractivity contribution in [3.05, 3.63) is 0 Å². The molecule has 3 fully saturated rings. The van der Waals surface area contributed by atoms with Crippen LogP contribution in [0.1, 0.15) is 69.2 Å². The number of hydrogen-bond donors (Lipinski definition) is 2. The summed E-state index contributed by atoms with van der Waals surface area (Å²) in [4.78, 5) is 34.6. The van der Waals surface area contributed by atoms with Gasteiger partial charge in [0, 0.05) is 52.4 Å². The molecule has 0 radical (unpaired) electrons. The van der Waals surface area contributed by atoms with Crippen molar-refractivity contribution in [2.75, 3.05) is 91.9 Å². The summed E-state index contributed by atoms with van der Waals surface area (Å²) in [5, 5.41) is 22.4. The molecule has 280 valence electrons. The number of rotatable bonds is 6. The maximum Gasteiger partial charge on any atom is 0.320 e. The van der Waals surface area contributed by atoms with E-state index in [9.17, 15) is 19.8 Å². The highest BCUT2D eigenvalue weighted by Gasteiger charge is 2.37. The first-order valence-electron chi connectivity index (χ1n) is 17.4. The quantitative estimate of drug-likeness (QED) is 0.382. The van der Waals surface area contributed by atoms with E-state index < -0.39 is 35.0 Å². The Balaban J connectivity index is 1.90. The third kappa shape index (κ3) is 14.4. The molecule has 0 aliphatic carbocycles. The van der Waals surface area contributed by atoms with Crippen molar-refractivity contribution in [1.29, 1.82) is 0 Å². The minimum atomic E-state index is -0.830. The topological polar surface area (TPSA) is 143 Å². The smallest absolute Gasteiger partial charge is 0.320 e. The Kier molecular flexibility index (Phi) is 14.7. The maximum atomic E-state index is 13.1. The van der Waals surface area contributed by atoms with Gasteiger partial charge in [-0.25, -0.2) is 0 Å². The van der Waals surface area contributed by atoms with Crippen molar-refractivity contribution in [2.45, 2.75) is 116 Å². The lowest BCUT2D eigenvalue weighted by molar-refractivity contribution is -0.204. The van der Waals surface area contributed by atoms with Crippen molar-refractivity contribution in [1.82, 2.24) is 19.6 Å². The molecule has 3 aliphatic heterocycles. The minimum absolute atomic E-state index is 0.0867. The summed E-state index contributed by atoms with van der Waals surface area (Å²) in [6, 6.07) is -0.723. The van der Waals surface area contributed by atoms with E-state index in [1.54, 1.807) is 0 Å². The summed E-state index contributed by atoms with van der Waals surface area (Å²) in [7, 11) is 0. The second kappa shape index (κ2) is 17.2. The van der Waals surface area contributed by atoms with Crippen LogP contribution in [0.5, 0.6) is 0 Å². The Morgan fingerprint density at radius 3 is 1.17 bits per heavy atom. The van der Waals surface area contributed by atoms with Gasteiger partial charge in [0.05, 0.1) is 63.8 Å². The van der Waals surface area contributed by atoms with Crippen molar-refractivity contribution in [3.8, 4) is 0 Å². The largest absolute Gasteiger partial charge is 0.459 e. The van der Waals surface area contributed by atoms with Gasteiger partial charge in [0.25, 0.3) is 0 Å². The zero-order valence-corrected chi connectivity index (χ0v) is 31.2. The van der Waals surface area contributed by atoms with Crippen LogP contribution in [0, 0.1) is 0 Å². The van der Waals surface area contributed by atoms with Gasteiger partial charge in [0.1, 0.15) is 11.2 Å². The minimum Gasteiger partial charge on any atom is -0.459 e. The molecule has 0 saturated carbocycles. The Morgan fingerprint density at radius 1 is 0.583 bits per heavy atom. The Hall–Kier alpha value is -1.46. The standard InChI is InChI=1S/C34H64N4O10/c1-31(2,3)47-29(41)19-35-11-15-37(25-21-43-33(7,8)45-23-27(25)39)17-13-36(20-30(42)48-32(4,5)6)14-18-38(16-12-35)26-22-44-34(9,10)46-24-28(26)40/h25-28,39-40H,11-24H2,1-10H3/t25-,26+,27-,28-/m1/s1. The van der Waals surface area contributed by atoms with E-state index in [1.165, 1.54) is 0 Å². The lowest BCUT2D eigenvalue weighted by Crippen LogP contribution is -2.56. The summed E-state index contributed by atoms with van der Waals surface area (Å²) < 4.78 is 35.1. The number of carbonyl (C=O) groups excluding carboxylic acids is 2. The van der Waals surface area contributed by atoms with Gasteiger partial charge in [-0.2, -0.15) is 0 Å². The molecule has 0 bridgehead atoms. The molecule has 48 heavy (non-hydrogen) atoms.